The van der Waals surface area contributed by atoms with Crippen molar-refractivity contribution in [3.63, 3.8) is 0 Å². The molecule has 1 N–H and O–H groups in total. The summed E-state index contributed by atoms with van der Waals surface area (Å²) < 4.78 is 0. The molecule has 0 radical (unpaired) electrons. The quantitative estimate of drug-likeness (QED) is 0.818. The predicted octanol–water partition coefficient (Wildman–Crippen LogP) is 2.53. The fraction of sp³-hybridized carbons (Fsp3) is 1.00. The first-order chi connectivity index (χ1) is 8.60. The Morgan fingerprint density at radius 1 is 1.28 bits per heavy atom. The lowest BCUT2D eigenvalue weighted by atomic mass is 10.2. The van der Waals surface area contributed by atoms with E-state index < -0.39 is 0 Å². The number of likely N-dealkylation sites (tertiary alicyclic amines) is 1. The molecule has 0 aromatic rings. The van der Waals surface area contributed by atoms with Gasteiger partial charge in [0.15, 0.2) is 0 Å². The van der Waals surface area contributed by atoms with E-state index in [1.54, 1.807) is 0 Å². The van der Waals surface area contributed by atoms with Crippen molar-refractivity contribution in [3.8, 4) is 0 Å². The van der Waals surface area contributed by atoms with E-state index in [4.69, 9.17) is 0 Å². The van der Waals surface area contributed by atoms with Gasteiger partial charge in [-0.2, -0.15) is 0 Å². The molecular formula is C15H37N3. The summed E-state index contributed by atoms with van der Waals surface area (Å²) >= 11 is 0. The summed E-state index contributed by atoms with van der Waals surface area (Å²) in [6.07, 6.45) is 2.65. The molecule has 1 fully saturated rings. The molecule has 1 rings (SSSR count). The molecule has 1 aliphatic rings. The van der Waals surface area contributed by atoms with E-state index in [2.05, 4.69) is 43.1 Å². The van der Waals surface area contributed by atoms with Crippen LogP contribution in [-0.2, 0) is 0 Å². The van der Waals surface area contributed by atoms with Crippen LogP contribution < -0.4 is 5.32 Å². The first-order valence-corrected chi connectivity index (χ1v) is 7.61. The minimum Gasteiger partial charge on any atom is -0.318 e. The molecule has 18 heavy (non-hydrogen) atoms. The Bertz CT molecular complexity index is 143. The van der Waals surface area contributed by atoms with Crippen LogP contribution in [0.4, 0.5) is 0 Å². The molecule has 1 heterocycles. The smallest absolute Gasteiger partial charge is 0.0104 e. The minimum absolute atomic E-state index is 0.949. The zero-order chi connectivity index (χ0) is 14.4. The van der Waals surface area contributed by atoms with Crippen LogP contribution in [0, 0.1) is 5.92 Å². The maximum Gasteiger partial charge on any atom is 0.0104 e. The van der Waals surface area contributed by atoms with Gasteiger partial charge in [0, 0.05) is 19.6 Å². The summed E-state index contributed by atoms with van der Waals surface area (Å²) in [6, 6.07) is 0. The van der Waals surface area contributed by atoms with E-state index in [0.29, 0.717) is 0 Å². The summed E-state index contributed by atoms with van der Waals surface area (Å²) in [4.78, 5) is 4.71. The number of hydrogen-bond donors (Lipinski definition) is 1. The van der Waals surface area contributed by atoms with Crippen LogP contribution in [0.15, 0.2) is 0 Å². The average molecular weight is 259 g/mol. The van der Waals surface area contributed by atoms with Crippen molar-refractivity contribution in [1.82, 2.24) is 15.1 Å². The van der Waals surface area contributed by atoms with Gasteiger partial charge in [0.2, 0.25) is 0 Å². The van der Waals surface area contributed by atoms with E-state index in [1.165, 1.54) is 32.5 Å². The van der Waals surface area contributed by atoms with Crippen molar-refractivity contribution < 1.29 is 0 Å². The standard InChI is InChI=1S/C7H18N2.C6H13N.C2H6/c1-4-6-9(3)7-5-8-2;1-6-3-4-7(2)5-6;1-2/h8H,4-7H2,1-3H3;6H,3-5H2,1-2H3;1-2H3. The molecule has 0 aromatic heterocycles. The minimum atomic E-state index is 0.949. The lowest BCUT2D eigenvalue weighted by Crippen LogP contribution is -2.27. The van der Waals surface area contributed by atoms with Crippen molar-refractivity contribution in [3.05, 3.63) is 0 Å². The van der Waals surface area contributed by atoms with E-state index in [1.807, 2.05) is 20.9 Å². The molecule has 1 atom stereocenters. The van der Waals surface area contributed by atoms with Crippen molar-refractivity contribution in [2.45, 2.75) is 40.5 Å². The van der Waals surface area contributed by atoms with Gasteiger partial charge in [-0.25, -0.2) is 0 Å². The van der Waals surface area contributed by atoms with Gasteiger partial charge in [0.05, 0.1) is 0 Å². The molecule has 3 heteroatoms. The lowest BCUT2D eigenvalue weighted by Gasteiger charge is -2.13. The predicted molar refractivity (Wildman–Crippen MR) is 84.3 cm³/mol. The van der Waals surface area contributed by atoms with Crippen LogP contribution in [0.1, 0.15) is 40.5 Å². The molecule has 0 saturated carbocycles. The molecule has 0 spiro atoms. The monoisotopic (exact) mass is 259 g/mol. The molecule has 112 valence electrons. The van der Waals surface area contributed by atoms with Gasteiger partial charge in [-0.15, -0.1) is 0 Å². The second kappa shape index (κ2) is 14.9. The third kappa shape index (κ3) is 13.9. The van der Waals surface area contributed by atoms with Gasteiger partial charge in [0.25, 0.3) is 0 Å². The third-order valence-electron chi connectivity index (χ3n) is 2.98. The highest BCUT2D eigenvalue weighted by Crippen LogP contribution is 2.11. The molecule has 0 aliphatic carbocycles. The van der Waals surface area contributed by atoms with Crippen LogP contribution >= 0.6 is 0 Å². The van der Waals surface area contributed by atoms with Crippen molar-refractivity contribution in [2.75, 3.05) is 53.9 Å². The third-order valence-corrected chi connectivity index (χ3v) is 2.98. The largest absolute Gasteiger partial charge is 0.318 e. The zero-order valence-electron chi connectivity index (χ0n) is 13.9. The SMILES string of the molecule is CC.CC1CCN(C)C1.CCCN(C)CCNC. The van der Waals surface area contributed by atoms with E-state index >= 15 is 0 Å². The van der Waals surface area contributed by atoms with Gasteiger partial charge < -0.3 is 15.1 Å². The Balaban J connectivity index is 0. The number of nitrogens with zero attached hydrogens (tertiary/aromatic N) is 2. The molecule has 3 nitrogen and oxygen atoms in total. The molecule has 1 aliphatic heterocycles. The maximum absolute atomic E-state index is 3.12. The Morgan fingerprint density at radius 2 is 1.89 bits per heavy atom. The highest BCUT2D eigenvalue weighted by atomic mass is 15.1. The number of likely N-dealkylation sites (N-methyl/N-ethyl adjacent to an activating group) is 2. The molecule has 1 saturated heterocycles. The molecule has 0 aromatic carbocycles. The van der Waals surface area contributed by atoms with Gasteiger partial charge in [-0.05, 0) is 53.0 Å². The lowest BCUT2D eigenvalue weighted by molar-refractivity contribution is 0.336. The first kappa shape index (κ1) is 20.2. The summed E-state index contributed by atoms with van der Waals surface area (Å²) in [6.45, 7) is 14.6. The van der Waals surface area contributed by atoms with E-state index in [0.717, 1.165) is 19.0 Å². The Kier molecular flexibility index (Phi) is 16.8. The normalized spacial score (nSPS) is 19.0. The fourth-order valence-electron chi connectivity index (χ4n) is 1.95. The molecular weight excluding hydrogens is 222 g/mol. The van der Waals surface area contributed by atoms with Crippen molar-refractivity contribution >= 4 is 0 Å². The van der Waals surface area contributed by atoms with Gasteiger partial charge in [-0.3, -0.25) is 0 Å². The number of nitrogens with one attached hydrogen (secondary N) is 1. The highest BCUT2D eigenvalue weighted by molar-refractivity contribution is 4.67. The Labute approximate surface area is 116 Å². The van der Waals surface area contributed by atoms with Crippen LogP contribution in [0.2, 0.25) is 0 Å². The van der Waals surface area contributed by atoms with Gasteiger partial charge in [-0.1, -0.05) is 27.7 Å². The highest BCUT2D eigenvalue weighted by Gasteiger charge is 2.13. The van der Waals surface area contributed by atoms with Crippen molar-refractivity contribution in [1.29, 1.82) is 0 Å². The average Bonchev–Trinajstić information content (AvgIpc) is 2.74. The summed E-state index contributed by atoms with van der Waals surface area (Å²) in [5.74, 6) is 0.949. The number of hydrogen-bond acceptors (Lipinski definition) is 3. The van der Waals surface area contributed by atoms with Gasteiger partial charge in [0.1, 0.15) is 0 Å². The van der Waals surface area contributed by atoms with Crippen LogP contribution in [0.3, 0.4) is 0 Å². The Morgan fingerprint density at radius 3 is 2.17 bits per heavy atom. The van der Waals surface area contributed by atoms with E-state index in [-0.39, 0.29) is 0 Å². The second-order valence-electron chi connectivity index (χ2n) is 5.06. The van der Waals surface area contributed by atoms with E-state index in [9.17, 15) is 0 Å². The molecule has 1 unspecified atom stereocenters. The van der Waals surface area contributed by atoms with Crippen LogP contribution in [0.5, 0.6) is 0 Å². The molecule has 0 bridgehead atoms. The zero-order valence-corrected chi connectivity index (χ0v) is 13.9. The van der Waals surface area contributed by atoms with Gasteiger partial charge >= 0.3 is 0 Å². The fourth-order valence-corrected chi connectivity index (χ4v) is 1.95. The summed E-state index contributed by atoms with van der Waals surface area (Å²) in [5.41, 5.74) is 0. The Hall–Kier alpha value is -0.120. The second-order valence-corrected chi connectivity index (χ2v) is 5.06. The summed E-state index contributed by atoms with van der Waals surface area (Å²) in [7, 11) is 6.32. The van der Waals surface area contributed by atoms with Crippen LogP contribution in [0.25, 0.3) is 0 Å². The maximum atomic E-state index is 3.12. The first-order valence-electron chi connectivity index (χ1n) is 7.61. The topological polar surface area (TPSA) is 18.5 Å². The summed E-state index contributed by atoms with van der Waals surface area (Å²) in [5, 5.41) is 3.12. The number of rotatable bonds is 5. The van der Waals surface area contributed by atoms with Crippen LogP contribution in [-0.4, -0.2) is 63.7 Å². The molecule has 0 amide bonds. The van der Waals surface area contributed by atoms with Crippen molar-refractivity contribution in [2.24, 2.45) is 5.92 Å².